The molecular formula is C12H20N5O14P3. The lowest BCUT2D eigenvalue weighted by Gasteiger charge is -2.31. The van der Waals surface area contributed by atoms with Crippen LogP contribution < -0.4 is 17.0 Å². The van der Waals surface area contributed by atoms with Crippen LogP contribution in [0.4, 0.5) is 11.6 Å². The molecule has 34 heavy (non-hydrogen) atoms. The second kappa shape index (κ2) is 9.24. The molecule has 0 radical (unpaired) electrons. The van der Waals surface area contributed by atoms with Gasteiger partial charge in [-0.25, -0.2) is 18.7 Å². The molecule has 19 nitrogen and oxygen atoms in total. The summed E-state index contributed by atoms with van der Waals surface area (Å²) in [5, 5.41) is 10.6. The van der Waals surface area contributed by atoms with Gasteiger partial charge < -0.3 is 45.6 Å². The minimum Gasteiger partial charge on any atom is -0.386 e. The van der Waals surface area contributed by atoms with Gasteiger partial charge in [-0.3, -0.25) is 19.3 Å². The van der Waals surface area contributed by atoms with Crippen molar-refractivity contribution in [2.45, 2.75) is 30.0 Å². The van der Waals surface area contributed by atoms with Crippen LogP contribution in [0.25, 0.3) is 0 Å². The Morgan fingerprint density at radius 2 is 1.85 bits per heavy atom. The Balaban J connectivity index is 1.79. The van der Waals surface area contributed by atoms with Crippen molar-refractivity contribution >= 4 is 41.3 Å². The van der Waals surface area contributed by atoms with Crippen molar-refractivity contribution in [1.82, 2.24) is 9.97 Å². The maximum atomic E-state index is 12.0. The van der Waals surface area contributed by atoms with E-state index in [4.69, 9.17) is 30.7 Å². The summed E-state index contributed by atoms with van der Waals surface area (Å²) < 4.78 is 56.7. The molecule has 7 atom stereocenters. The van der Waals surface area contributed by atoms with Crippen molar-refractivity contribution in [3.05, 3.63) is 16.0 Å². The Hall–Kier alpha value is -1.40. The average molecular weight is 551 g/mol. The highest BCUT2D eigenvalue weighted by atomic mass is 31.3. The second-order valence-corrected chi connectivity index (χ2v) is 11.4. The molecule has 0 amide bonds. The Kier molecular flexibility index (Phi) is 7.39. The third-order valence-electron chi connectivity index (χ3n) is 4.69. The number of nitrogens with two attached hydrogens (primary N) is 2. The largest absolute Gasteiger partial charge is 0.490 e. The number of phosphoric ester groups is 1. The number of aromatic nitrogens is 2. The van der Waals surface area contributed by atoms with E-state index in [1.165, 1.54) is 6.21 Å². The van der Waals surface area contributed by atoms with Crippen LogP contribution in [-0.2, 0) is 36.3 Å². The molecule has 3 unspecified atom stereocenters. The maximum absolute atomic E-state index is 12.0. The monoisotopic (exact) mass is 551 g/mol. The van der Waals surface area contributed by atoms with Gasteiger partial charge in [0.2, 0.25) is 11.7 Å². The first-order valence-corrected chi connectivity index (χ1v) is 13.4. The minimum atomic E-state index is -5.77. The van der Waals surface area contributed by atoms with Gasteiger partial charge in [-0.2, -0.15) is 8.62 Å². The van der Waals surface area contributed by atoms with Crippen LogP contribution in [0.1, 0.15) is 11.6 Å². The summed E-state index contributed by atoms with van der Waals surface area (Å²) in [4.78, 5) is 58.2. The fourth-order valence-electron chi connectivity index (χ4n) is 3.31. The highest BCUT2D eigenvalue weighted by Crippen LogP contribution is 2.66. The molecule has 0 aromatic carbocycles. The lowest BCUT2D eigenvalue weighted by atomic mass is 9.93. The molecule has 0 bridgehead atoms. The molecule has 1 aromatic rings. The summed E-state index contributed by atoms with van der Waals surface area (Å²) >= 11 is 0. The predicted octanol–water partition coefficient (Wildman–Crippen LogP) is -2.08. The SMILES string of the molecule is CO[C@]1(COP(=O)(O)OP(=O)(O)OP(=O)(O)O)O[C@@H](C2C=Nc3c2nc(N)[nH]c3=O)[C@@H](N)[C@@H]1O. The van der Waals surface area contributed by atoms with Gasteiger partial charge in [0.15, 0.2) is 5.69 Å². The third-order valence-corrected chi connectivity index (χ3v) is 8.48. The number of hydrogen-bond donors (Lipinski definition) is 8. The van der Waals surface area contributed by atoms with Crippen LogP contribution in [0.15, 0.2) is 9.79 Å². The second-order valence-electron chi connectivity index (χ2n) is 6.97. The van der Waals surface area contributed by atoms with Crippen molar-refractivity contribution < 1.29 is 61.0 Å². The number of hydrogen-bond acceptors (Lipinski definition) is 14. The predicted molar refractivity (Wildman–Crippen MR) is 109 cm³/mol. The summed E-state index contributed by atoms with van der Waals surface area (Å²) in [6, 6.07) is -1.27. The van der Waals surface area contributed by atoms with E-state index < -0.39 is 65.6 Å². The average Bonchev–Trinajstić information content (AvgIpc) is 3.18. The lowest BCUT2D eigenvalue weighted by Crippen LogP contribution is -2.50. The molecule has 3 heterocycles. The van der Waals surface area contributed by atoms with Crippen LogP contribution in [0.2, 0.25) is 0 Å². The molecular weight excluding hydrogens is 531 g/mol. The summed E-state index contributed by atoms with van der Waals surface area (Å²) in [5.41, 5.74) is 10.9. The number of H-pyrrole nitrogens is 1. The number of aromatic amines is 1. The quantitative estimate of drug-likeness (QED) is 0.153. The number of methoxy groups -OCH3 is 1. The fourth-order valence-corrected chi connectivity index (χ4v) is 6.35. The number of fused-ring (bicyclic) bond motifs is 1. The van der Waals surface area contributed by atoms with E-state index in [1.54, 1.807) is 0 Å². The molecule has 192 valence electrons. The summed E-state index contributed by atoms with van der Waals surface area (Å²) in [5.74, 6) is -3.39. The normalized spacial score (nSPS) is 32.3. The molecule has 1 aromatic heterocycles. The molecule has 1 fully saturated rings. The number of ether oxygens (including phenoxy) is 2. The van der Waals surface area contributed by atoms with Gasteiger partial charge in [0, 0.05) is 13.3 Å². The fraction of sp³-hybridized carbons (Fsp3) is 0.583. The van der Waals surface area contributed by atoms with E-state index in [0.29, 0.717) is 0 Å². The van der Waals surface area contributed by atoms with E-state index in [-0.39, 0.29) is 17.3 Å². The molecule has 0 aliphatic carbocycles. The van der Waals surface area contributed by atoms with Crippen molar-refractivity contribution in [2.24, 2.45) is 10.7 Å². The van der Waals surface area contributed by atoms with Crippen LogP contribution >= 0.6 is 23.5 Å². The molecule has 2 aliphatic heterocycles. The first-order chi connectivity index (χ1) is 15.5. The van der Waals surface area contributed by atoms with Gasteiger partial charge in [0.25, 0.3) is 5.56 Å². The number of nitrogens with one attached hydrogen (secondary N) is 1. The number of nitrogen functional groups attached to an aromatic ring is 1. The van der Waals surface area contributed by atoms with Crippen molar-refractivity contribution in [1.29, 1.82) is 0 Å². The number of nitrogens with zero attached hydrogens (tertiary/aromatic N) is 2. The summed E-state index contributed by atoms with van der Waals surface area (Å²) in [7, 11) is -15.9. The van der Waals surface area contributed by atoms with Crippen molar-refractivity contribution in [2.75, 3.05) is 19.5 Å². The highest BCUT2D eigenvalue weighted by Gasteiger charge is 2.58. The zero-order chi connectivity index (χ0) is 25.7. The van der Waals surface area contributed by atoms with Crippen LogP contribution in [0.5, 0.6) is 0 Å². The van der Waals surface area contributed by atoms with E-state index in [2.05, 4.69) is 28.1 Å². The van der Waals surface area contributed by atoms with Gasteiger partial charge in [0.1, 0.15) is 12.7 Å². The molecule has 10 N–H and O–H groups in total. The third kappa shape index (κ3) is 5.70. The molecule has 0 saturated carbocycles. The number of rotatable bonds is 9. The Bertz CT molecular complexity index is 1190. The first kappa shape index (κ1) is 27.2. The molecule has 1 saturated heterocycles. The number of anilines is 1. The maximum Gasteiger partial charge on any atom is 0.490 e. The standard InChI is InChI=1S/C12H20N5O14P3/c1-27-12(3-28-33(23,24)31-34(25,26)30-32(20,21)22)9(18)5(13)8(29-12)4-2-15-7-6(4)16-11(14)17-10(7)19/h2,4-5,8-9,18H,3,13H2,1H3,(H,23,24)(H,25,26)(H2,20,21,22)(H3,14,16,17,19)/t4?,5-,8+,9+,12-/m1/s1. The van der Waals surface area contributed by atoms with Crippen LogP contribution in [0, 0.1) is 0 Å². The lowest BCUT2D eigenvalue weighted by molar-refractivity contribution is -0.259. The smallest absolute Gasteiger partial charge is 0.386 e. The number of phosphoric acid groups is 3. The van der Waals surface area contributed by atoms with E-state index in [1.807, 2.05) is 0 Å². The number of aliphatic hydroxyl groups is 1. The minimum absolute atomic E-state index is 0.0762. The van der Waals surface area contributed by atoms with Gasteiger partial charge >= 0.3 is 23.5 Å². The van der Waals surface area contributed by atoms with E-state index in [9.17, 15) is 33.4 Å². The topological polar surface area (TPSA) is 309 Å². The molecule has 2 aliphatic rings. The summed E-state index contributed by atoms with van der Waals surface area (Å²) in [6.07, 6.45) is -1.66. The van der Waals surface area contributed by atoms with Crippen molar-refractivity contribution in [3.63, 3.8) is 0 Å². The van der Waals surface area contributed by atoms with Crippen LogP contribution in [0.3, 0.4) is 0 Å². The van der Waals surface area contributed by atoms with Crippen molar-refractivity contribution in [3.8, 4) is 0 Å². The number of aliphatic imine (C=N–C) groups is 1. The first-order valence-electron chi connectivity index (χ1n) is 8.88. The zero-order valence-electron chi connectivity index (χ0n) is 16.9. The Morgan fingerprint density at radius 1 is 1.21 bits per heavy atom. The van der Waals surface area contributed by atoms with Crippen LogP contribution in [-0.4, -0.2) is 78.6 Å². The molecule has 22 heteroatoms. The Labute approximate surface area is 189 Å². The van der Waals surface area contributed by atoms with Gasteiger partial charge in [-0.15, -0.1) is 0 Å². The number of aliphatic hydroxyl groups excluding tert-OH is 1. The van der Waals surface area contributed by atoms with Gasteiger partial charge in [-0.1, -0.05) is 0 Å². The van der Waals surface area contributed by atoms with E-state index in [0.717, 1.165) is 7.11 Å². The zero-order valence-corrected chi connectivity index (χ0v) is 19.6. The molecule has 0 spiro atoms. The van der Waals surface area contributed by atoms with Gasteiger partial charge in [-0.05, 0) is 0 Å². The highest BCUT2D eigenvalue weighted by molar-refractivity contribution is 7.66. The summed E-state index contributed by atoms with van der Waals surface area (Å²) in [6.45, 7) is -1.14. The molecule has 3 rings (SSSR count). The van der Waals surface area contributed by atoms with E-state index >= 15 is 0 Å². The van der Waals surface area contributed by atoms with Gasteiger partial charge in [0.05, 0.1) is 23.8 Å². The Morgan fingerprint density at radius 3 is 2.44 bits per heavy atom.